The quantitative estimate of drug-likeness (QED) is 0.467. The highest BCUT2D eigenvalue weighted by Crippen LogP contribution is 2.34. The maximum absolute atomic E-state index is 14.7. The molecule has 1 aromatic heterocycles. The summed E-state index contributed by atoms with van der Waals surface area (Å²) in [5.74, 6) is -0.605. The molecule has 0 radical (unpaired) electrons. The minimum atomic E-state index is -1.28. The Morgan fingerprint density at radius 1 is 1.18 bits per heavy atom. The van der Waals surface area contributed by atoms with Crippen LogP contribution in [0.15, 0.2) is 61.0 Å². The Kier molecular flexibility index (Phi) is 6.13. The van der Waals surface area contributed by atoms with Crippen molar-refractivity contribution in [3.8, 4) is 11.4 Å². The zero-order valence-corrected chi connectivity index (χ0v) is 15.6. The van der Waals surface area contributed by atoms with Crippen LogP contribution >= 0.6 is 11.6 Å². The van der Waals surface area contributed by atoms with Gasteiger partial charge in [-0.15, -0.1) is 0 Å². The van der Waals surface area contributed by atoms with Crippen LogP contribution in [0.5, 0.6) is 5.75 Å². The van der Waals surface area contributed by atoms with E-state index >= 15 is 0 Å². The van der Waals surface area contributed by atoms with E-state index in [9.17, 15) is 14.3 Å². The van der Waals surface area contributed by atoms with Crippen molar-refractivity contribution < 1.29 is 23.8 Å². The number of nitrogens with zero attached hydrogens (tertiary/aromatic N) is 1. The van der Waals surface area contributed by atoms with Crippen LogP contribution in [0, 0.1) is 5.82 Å². The van der Waals surface area contributed by atoms with E-state index in [1.54, 1.807) is 53.2 Å². The fourth-order valence-electron chi connectivity index (χ4n) is 2.92. The van der Waals surface area contributed by atoms with Gasteiger partial charge in [0.1, 0.15) is 6.10 Å². The third-order valence-corrected chi connectivity index (χ3v) is 4.44. The fraction of sp³-hybridized carbons (Fsp3) is 0.0952. The summed E-state index contributed by atoms with van der Waals surface area (Å²) in [4.78, 5) is 10.3. The average molecular weight is 402 g/mol. The summed E-state index contributed by atoms with van der Waals surface area (Å²) in [6, 6.07) is 13.1. The van der Waals surface area contributed by atoms with Crippen molar-refractivity contribution in [2.45, 2.75) is 6.10 Å². The Hall–Kier alpha value is -3.09. The number of aromatic nitrogens is 1. The van der Waals surface area contributed by atoms with Crippen LogP contribution in [0.1, 0.15) is 22.9 Å². The summed E-state index contributed by atoms with van der Waals surface area (Å²) in [6.45, 7) is 0.312. The van der Waals surface area contributed by atoms with Gasteiger partial charge in [0.25, 0.3) is 6.47 Å². The number of methoxy groups -OCH3 is 1. The van der Waals surface area contributed by atoms with E-state index in [0.29, 0.717) is 28.4 Å². The Balaban J connectivity index is 2.11. The van der Waals surface area contributed by atoms with Crippen molar-refractivity contribution >= 4 is 24.1 Å². The number of halogens is 2. The van der Waals surface area contributed by atoms with Gasteiger partial charge in [-0.1, -0.05) is 23.7 Å². The number of aliphatic hydroxyl groups is 1. The average Bonchev–Trinajstić information content (AvgIpc) is 3.16. The van der Waals surface area contributed by atoms with Crippen molar-refractivity contribution in [2.24, 2.45) is 0 Å². The number of aliphatic hydroxyl groups excluding tert-OH is 1. The van der Waals surface area contributed by atoms with Crippen LogP contribution in [0.4, 0.5) is 4.39 Å². The summed E-state index contributed by atoms with van der Waals surface area (Å²) in [5, 5.41) is 11.3. The minimum Gasteiger partial charge on any atom is -0.494 e. The van der Waals surface area contributed by atoms with Gasteiger partial charge in [-0.3, -0.25) is 4.79 Å². The maximum atomic E-state index is 14.7. The molecule has 0 bridgehead atoms. The van der Waals surface area contributed by atoms with Crippen molar-refractivity contribution in [2.75, 3.05) is 7.11 Å². The molecule has 0 fully saturated rings. The van der Waals surface area contributed by atoms with Crippen molar-refractivity contribution in [3.05, 3.63) is 88.7 Å². The number of ether oxygens (including phenoxy) is 2. The van der Waals surface area contributed by atoms with Gasteiger partial charge in [-0.25, -0.2) is 4.39 Å². The van der Waals surface area contributed by atoms with Gasteiger partial charge in [0.05, 0.1) is 19.1 Å². The molecule has 28 heavy (non-hydrogen) atoms. The molecule has 0 aliphatic carbocycles. The molecule has 0 saturated carbocycles. The second-order valence-electron chi connectivity index (χ2n) is 5.81. The van der Waals surface area contributed by atoms with Crippen LogP contribution in [-0.2, 0) is 9.53 Å². The van der Waals surface area contributed by atoms with Crippen molar-refractivity contribution in [3.63, 3.8) is 0 Å². The van der Waals surface area contributed by atoms with Gasteiger partial charge in [-0.2, -0.15) is 0 Å². The first kappa shape index (κ1) is 19.7. The van der Waals surface area contributed by atoms with Gasteiger partial charge in [-0.05, 0) is 42.5 Å². The third kappa shape index (κ3) is 3.93. The van der Waals surface area contributed by atoms with Crippen LogP contribution in [-0.4, -0.2) is 23.3 Å². The van der Waals surface area contributed by atoms with Gasteiger partial charge >= 0.3 is 0 Å². The summed E-state index contributed by atoms with van der Waals surface area (Å²) in [7, 11) is 1.36. The maximum Gasteiger partial charge on any atom is 0.297 e. The van der Waals surface area contributed by atoms with Gasteiger partial charge in [0.15, 0.2) is 11.6 Å². The van der Waals surface area contributed by atoms with Crippen LogP contribution in [0.2, 0.25) is 5.02 Å². The van der Waals surface area contributed by atoms with Crippen LogP contribution < -0.4 is 4.74 Å². The molecule has 1 N–H and O–H groups in total. The van der Waals surface area contributed by atoms with Crippen LogP contribution in [0.25, 0.3) is 11.8 Å². The predicted octanol–water partition coefficient (Wildman–Crippen LogP) is 4.50. The van der Waals surface area contributed by atoms with Gasteiger partial charge in [0, 0.05) is 28.0 Å². The van der Waals surface area contributed by atoms with Gasteiger partial charge < -0.3 is 19.1 Å². The molecule has 1 unspecified atom stereocenters. The number of benzene rings is 2. The highest BCUT2D eigenvalue weighted by atomic mass is 35.5. The number of carbonyl (C=O) groups excluding carboxylic acids is 1. The molecule has 0 aliphatic heterocycles. The van der Waals surface area contributed by atoms with E-state index in [-0.39, 0.29) is 11.3 Å². The second kappa shape index (κ2) is 8.73. The molecule has 144 valence electrons. The smallest absolute Gasteiger partial charge is 0.297 e. The summed E-state index contributed by atoms with van der Waals surface area (Å²) >= 11 is 6.14. The molecule has 1 heterocycles. The van der Waals surface area contributed by atoms with Crippen molar-refractivity contribution in [1.82, 2.24) is 4.57 Å². The minimum absolute atomic E-state index is 0.0377. The fourth-order valence-corrected chi connectivity index (χ4v) is 3.10. The zero-order valence-electron chi connectivity index (χ0n) is 14.9. The first-order valence-corrected chi connectivity index (χ1v) is 8.68. The van der Waals surface area contributed by atoms with Gasteiger partial charge in [0.2, 0.25) is 0 Å². The van der Waals surface area contributed by atoms with E-state index < -0.39 is 11.9 Å². The first-order valence-electron chi connectivity index (χ1n) is 8.30. The highest BCUT2D eigenvalue weighted by Gasteiger charge is 2.22. The lowest BCUT2D eigenvalue weighted by atomic mass is 9.98. The Bertz CT molecular complexity index is 1020. The molecule has 3 rings (SSSR count). The predicted molar refractivity (Wildman–Crippen MR) is 104 cm³/mol. The molecule has 0 spiro atoms. The first-order chi connectivity index (χ1) is 13.6. The number of rotatable bonds is 7. The molecule has 5 nitrogen and oxygen atoms in total. The number of hydrogen-bond acceptors (Lipinski definition) is 4. The lowest BCUT2D eigenvalue weighted by Crippen LogP contribution is -2.09. The molecule has 0 amide bonds. The van der Waals surface area contributed by atoms with E-state index in [0.717, 1.165) is 0 Å². The van der Waals surface area contributed by atoms with E-state index in [1.165, 1.54) is 25.5 Å². The molecule has 1 atom stereocenters. The van der Waals surface area contributed by atoms with E-state index in [1.807, 2.05) is 0 Å². The third-order valence-electron chi connectivity index (χ3n) is 4.20. The van der Waals surface area contributed by atoms with Crippen LogP contribution in [0.3, 0.4) is 0 Å². The highest BCUT2D eigenvalue weighted by molar-refractivity contribution is 6.30. The summed E-state index contributed by atoms with van der Waals surface area (Å²) < 4.78 is 26.0. The Labute approximate surface area is 166 Å². The molecule has 0 saturated heterocycles. The zero-order chi connectivity index (χ0) is 20.1. The number of carbonyl (C=O) groups is 1. The molecular weight excluding hydrogens is 385 g/mol. The standard InChI is InChI=1S/C21H17ClFNO4/c1-27-19-6-2-5-16(20(19)23)21(26)17-12-14(22)7-8-18(17)24-10-3-4-15(24)9-11-28-13-25/h2-13,21,26H,1H3/b11-9+. The monoisotopic (exact) mass is 401 g/mol. The SMILES string of the molecule is COc1cccc(C(O)c2cc(Cl)ccc2-n2cccc2/C=C/OC=O)c1F. The number of hydrogen-bond donors (Lipinski definition) is 1. The molecule has 3 aromatic rings. The largest absolute Gasteiger partial charge is 0.494 e. The normalized spacial score (nSPS) is 12.1. The lowest BCUT2D eigenvalue weighted by molar-refractivity contribution is -0.123. The molecule has 0 aliphatic rings. The Morgan fingerprint density at radius 3 is 2.75 bits per heavy atom. The molecular formula is C21H17ClFNO4. The molecule has 7 heteroatoms. The lowest BCUT2D eigenvalue weighted by Gasteiger charge is -2.19. The second-order valence-corrected chi connectivity index (χ2v) is 6.24. The summed E-state index contributed by atoms with van der Waals surface area (Å²) in [6.07, 6.45) is 3.31. The topological polar surface area (TPSA) is 60.7 Å². The van der Waals surface area contributed by atoms with Crippen molar-refractivity contribution in [1.29, 1.82) is 0 Å². The molecule has 2 aromatic carbocycles. The van der Waals surface area contributed by atoms with E-state index in [2.05, 4.69) is 4.74 Å². The summed E-state index contributed by atoms with van der Waals surface area (Å²) in [5.41, 5.74) is 1.75. The Morgan fingerprint density at radius 2 is 2.00 bits per heavy atom. The van der Waals surface area contributed by atoms with E-state index in [4.69, 9.17) is 16.3 Å².